The van der Waals surface area contributed by atoms with Crippen LogP contribution < -0.4 is 5.32 Å². The lowest BCUT2D eigenvalue weighted by molar-refractivity contribution is -0.384. The molecule has 3 aromatic carbocycles. The van der Waals surface area contributed by atoms with Crippen LogP contribution in [-0.4, -0.2) is 10.8 Å². The van der Waals surface area contributed by atoms with Crippen molar-refractivity contribution in [3.8, 4) is 0 Å². The molecule has 5 nitrogen and oxygen atoms in total. The van der Waals surface area contributed by atoms with Crippen LogP contribution in [0.15, 0.2) is 77.7 Å². The summed E-state index contributed by atoms with van der Waals surface area (Å²) < 4.78 is 0. The van der Waals surface area contributed by atoms with Crippen molar-refractivity contribution in [2.75, 3.05) is 5.32 Å². The molecule has 3 aromatic rings. The van der Waals surface area contributed by atoms with Gasteiger partial charge in [-0.15, -0.1) is 11.8 Å². The fraction of sp³-hybridized carbons (Fsp3) is 0.0500. The van der Waals surface area contributed by atoms with Crippen molar-refractivity contribution in [3.05, 3.63) is 99.1 Å². The monoisotopic (exact) mass is 398 g/mol. The van der Waals surface area contributed by atoms with E-state index in [2.05, 4.69) is 17.4 Å². The van der Waals surface area contributed by atoms with Gasteiger partial charge in [0.1, 0.15) is 0 Å². The van der Waals surface area contributed by atoms with Gasteiger partial charge in [0.2, 0.25) is 0 Å². The minimum atomic E-state index is -0.556. The second-order valence-electron chi connectivity index (χ2n) is 5.67. The Labute approximate surface area is 165 Å². The number of anilines is 1. The number of amides is 1. The Morgan fingerprint density at radius 3 is 2.37 bits per heavy atom. The summed E-state index contributed by atoms with van der Waals surface area (Å²) in [6.45, 7) is 0. The molecule has 0 saturated heterocycles. The van der Waals surface area contributed by atoms with Gasteiger partial charge in [-0.05, 0) is 35.9 Å². The van der Waals surface area contributed by atoms with Gasteiger partial charge in [-0.25, -0.2) is 0 Å². The van der Waals surface area contributed by atoms with Gasteiger partial charge in [-0.2, -0.15) is 0 Å². The van der Waals surface area contributed by atoms with E-state index >= 15 is 0 Å². The summed E-state index contributed by atoms with van der Waals surface area (Å²) >= 11 is 7.73. The lowest BCUT2D eigenvalue weighted by Gasteiger charge is -2.08. The van der Waals surface area contributed by atoms with E-state index in [1.165, 1.54) is 23.1 Å². The van der Waals surface area contributed by atoms with E-state index in [9.17, 15) is 14.9 Å². The molecule has 0 fully saturated rings. The highest BCUT2D eigenvalue weighted by molar-refractivity contribution is 7.98. The number of non-ortho nitro benzene ring substituents is 1. The molecule has 136 valence electrons. The number of thioether (sulfide) groups is 1. The number of carbonyl (C=O) groups excluding carboxylic acids is 1. The Kier molecular flexibility index (Phi) is 6.11. The first-order chi connectivity index (χ1) is 13.0. The normalized spacial score (nSPS) is 10.4. The fourth-order valence-electron chi connectivity index (χ4n) is 2.37. The van der Waals surface area contributed by atoms with Crippen molar-refractivity contribution >= 4 is 40.6 Å². The van der Waals surface area contributed by atoms with Crippen LogP contribution in [0.1, 0.15) is 15.9 Å². The van der Waals surface area contributed by atoms with Gasteiger partial charge in [-0.3, -0.25) is 14.9 Å². The van der Waals surface area contributed by atoms with Gasteiger partial charge in [0.05, 0.1) is 15.5 Å². The summed E-state index contributed by atoms with van der Waals surface area (Å²) in [6, 6.07) is 21.4. The van der Waals surface area contributed by atoms with Gasteiger partial charge in [-0.1, -0.05) is 41.9 Å². The number of carbonyl (C=O) groups is 1. The van der Waals surface area contributed by atoms with E-state index in [0.29, 0.717) is 5.69 Å². The summed E-state index contributed by atoms with van der Waals surface area (Å²) in [6.07, 6.45) is 0. The standard InChI is InChI=1S/C20H15ClN2O3S/c21-19-12-16(23(25)26)10-11-18(19)20(24)22-15-8-6-14(7-9-15)13-27-17-4-2-1-3-5-17/h1-12H,13H2,(H,22,24). The molecule has 7 heteroatoms. The summed E-state index contributed by atoms with van der Waals surface area (Å²) in [7, 11) is 0. The summed E-state index contributed by atoms with van der Waals surface area (Å²) in [5.41, 5.74) is 1.79. The van der Waals surface area contributed by atoms with Crippen LogP contribution >= 0.6 is 23.4 Å². The predicted molar refractivity (Wildman–Crippen MR) is 109 cm³/mol. The topological polar surface area (TPSA) is 72.2 Å². The van der Waals surface area contributed by atoms with Crippen molar-refractivity contribution in [1.82, 2.24) is 0 Å². The Morgan fingerprint density at radius 2 is 1.74 bits per heavy atom. The second kappa shape index (κ2) is 8.70. The number of hydrogen-bond donors (Lipinski definition) is 1. The molecule has 0 radical (unpaired) electrons. The zero-order valence-electron chi connectivity index (χ0n) is 14.1. The van der Waals surface area contributed by atoms with Crippen molar-refractivity contribution < 1.29 is 9.72 Å². The number of nitrogens with one attached hydrogen (secondary N) is 1. The third-order valence-corrected chi connectivity index (χ3v) is 5.16. The van der Waals surface area contributed by atoms with E-state index in [0.717, 1.165) is 11.3 Å². The number of rotatable bonds is 6. The molecule has 0 bridgehead atoms. The molecule has 0 aliphatic rings. The molecule has 0 heterocycles. The van der Waals surface area contributed by atoms with E-state index in [-0.39, 0.29) is 16.3 Å². The summed E-state index contributed by atoms with van der Waals surface area (Å²) in [4.78, 5) is 23.7. The Balaban J connectivity index is 1.62. The van der Waals surface area contributed by atoms with Crippen LogP contribution in [0.3, 0.4) is 0 Å². The Bertz CT molecular complexity index is 963. The zero-order valence-corrected chi connectivity index (χ0v) is 15.7. The minimum absolute atomic E-state index is 0.0394. The van der Waals surface area contributed by atoms with Crippen LogP contribution in [0.5, 0.6) is 0 Å². The molecule has 3 rings (SSSR count). The van der Waals surface area contributed by atoms with Gasteiger partial charge in [0, 0.05) is 28.5 Å². The van der Waals surface area contributed by atoms with E-state index in [4.69, 9.17) is 11.6 Å². The molecule has 0 saturated carbocycles. The lowest BCUT2D eigenvalue weighted by Crippen LogP contribution is -2.12. The molecule has 0 spiro atoms. The quantitative estimate of drug-likeness (QED) is 0.324. The van der Waals surface area contributed by atoms with E-state index in [1.54, 1.807) is 11.8 Å². The smallest absolute Gasteiger partial charge is 0.270 e. The SMILES string of the molecule is O=C(Nc1ccc(CSc2ccccc2)cc1)c1ccc([N+](=O)[O-])cc1Cl. The highest BCUT2D eigenvalue weighted by Crippen LogP contribution is 2.25. The van der Waals surface area contributed by atoms with Crippen molar-refractivity contribution in [2.24, 2.45) is 0 Å². The molecule has 1 N–H and O–H groups in total. The predicted octanol–water partition coefficient (Wildman–Crippen LogP) is 5.79. The number of nitro benzene ring substituents is 1. The third kappa shape index (κ3) is 5.09. The first kappa shape index (κ1) is 18.9. The van der Waals surface area contributed by atoms with Crippen LogP contribution in [-0.2, 0) is 5.75 Å². The van der Waals surface area contributed by atoms with Crippen molar-refractivity contribution in [1.29, 1.82) is 0 Å². The maximum Gasteiger partial charge on any atom is 0.270 e. The summed E-state index contributed by atoms with van der Waals surface area (Å²) in [5, 5.41) is 13.5. The van der Waals surface area contributed by atoms with Crippen LogP contribution in [0, 0.1) is 10.1 Å². The third-order valence-electron chi connectivity index (χ3n) is 3.77. The molecule has 0 aliphatic carbocycles. The van der Waals surface area contributed by atoms with Crippen LogP contribution in [0.4, 0.5) is 11.4 Å². The van der Waals surface area contributed by atoms with Gasteiger partial charge >= 0.3 is 0 Å². The maximum atomic E-state index is 12.3. The Morgan fingerprint density at radius 1 is 1.04 bits per heavy atom. The first-order valence-electron chi connectivity index (χ1n) is 8.05. The highest BCUT2D eigenvalue weighted by Gasteiger charge is 2.15. The molecule has 0 aromatic heterocycles. The second-order valence-corrected chi connectivity index (χ2v) is 7.13. The molecule has 0 aliphatic heterocycles. The number of hydrogen-bond acceptors (Lipinski definition) is 4. The average molecular weight is 399 g/mol. The minimum Gasteiger partial charge on any atom is -0.322 e. The first-order valence-corrected chi connectivity index (χ1v) is 9.41. The largest absolute Gasteiger partial charge is 0.322 e. The molecule has 1 amide bonds. The van der Waals surface area contributed by atoms with Crippen LogP contribution in [0.25, 0.3) is 0 Å². The molecule has 0 atom stereocenters. The molecular formula is C20H15ClN2O3S. The molecule has 27 heavy (non-hydrogen) atoms. The van der Waals surface area contributed by atoms with Crippen molar-refractivity contribution in [3.63, 3.8) is 0 Å². The summed E-state index contributed by atoms with van der Waals surface area (Å²) in [5.74, 6) is 0.410. The van der Waals surface area contributed by atoms with Crippen LogP contribution in [0.2, 0.25) is 5.02 Å². The lowest BCUT2D eigenvalue weighted by atomic mass is 10.1. The number of nitro groups is 1. The van der Waals surface area contributed by atoms with Gasteiger partial charge in [0.15, 0.2) is 0 Å². The van der Waals surface area contributed by atoms with E-state index < -0.39 is 10.8 Å². The number of halogens is 1. The molecule has 0 unspecified atom stereocenters. The average Bonchev–Trinajstić information content (AvgIpc) is 2.68. The van der Waals surface area contributed by atoms with Gasteiger partial charge in [0.25, 0.3) is 11.6 Å². The van der Waals surface area contributed by atoms with Gasteiger partial charge < -0.3 is 5.32 Å². The zero-order chi connectivity index (χ0) is 19.2. The van der Waals surface area contributed by atoms with E-state index in [1.807, 2.05) is 42.5 Å². The van der Waals surface area contributed by atoms with Crippen molar-refractivity contribution in [2.45, 2.75) is 10.6 Å². The molecular weight excluding hydrogens is 384 g/mol. The Hall–Kier alpha value is -2.83. The highest BCUT2D eigenvalue weighted by atomic mass is 35.5. The fourth-order valence-corrected chi connectivity index (χ4v) is 3.50. The number of benzene rings is 3. The number of nitrogens with zero attached hydrogens (tertiary/aromatic N) is 1. The maximum absolute atomic E-state index is 12.3.